The molecule has 1 aromatic rings. The summed E-state index contributed by atoms with van der Waals surface area (Å²) in [6.07, 6.45) is 3.99. The van der Waals surface area contributed by atoms with Crippen LogP contribution in [0.2, 0.25) is 0 Å². The topological polar surface area (TPSA) is 55.8 Å². The number of carbonyl (C=O) groups excluding carboxylic acids is 1. The van der Waals surface area contributed by atoms with Gasteiger partial charge in [-0.3, -0.25) is 0 Å². The van der Waals surface area contributed by atoms with Crippen LogP contribution in [0.15, 0.2) is 24.3 Å². The van der Waals surface area contributed by atoms with E-state index in [1.807, 2.05) is 20.0 Å². The van der Waals surface area contributed by atoms with Crippen LogP contribution in [0.3, 0.4) is 0 Å². The van der Waals surface area contributed by atoms with Crippen LogP contribution in [0, 0.1) is 0 Å². The molecule has 1 fully saturated rings. The highest BCUT2D eigenvalue weighted by atomic mass is 16.3. The number of urea groups is 1. The number of nitrogens with zero attached hydrogens (tertiary/aromatic N) is 2. The number of aliphatic hydroxyl groups excluding tert-OH is 1. The number of nitrogens with one attached hydrogen (secondary N) is 1. The molecule has 0 spiro atoms. The summed E-state index contributed by atoms with van der Waals surface area (Å²) in [7, 11) is 1.83. The van der Waals surface area contributed by atoms with Gasteiger partial charge in [0.1, 0.15) is 0 Å². The first-order valence-corrected chi connectivity index (χ1v) is 8.57. The number of anilines is 1. The molecule has 1 saturated heterocycles. The Morgan fingerprint density at radius 1 is 1.35 bits per heavy atom. The molecule has 2 N–H and O–H groups in total. The molecule has 0 radical (unpaired) electrons. The summed E-state index contributed by atoms with van der Waals surface area (Å²) < 4.78 is 0. The minimum atomic E-state index is -0.0633. The maximum atomic E-state index is 12.3. The quantitative estimate of drug-likeness (QED) is 0.812. The molecule has 2 rings (SSSR count). The van der Waals surface area contributed by atoms with Crippen LogP contribution < -0.4 is 10.2 Å². The van der Waals surface area contributed by atoms with Gasteiger partial charge in [0.05, 0.1) is 0 Å². The number of benzene rings is 1. The second-order valence-electron chi connectivity index (χ2n) is 6.40. The molecule has 0 aliphatic carbocycles. The van der Waals surface area contributed by atoms with Gasteiger partial charge in [0.25, 0.3) is 0 Å². The SMILES string of the molecule is CC(CCCO)NC(=O)N(C)Cc1ccccc1N1CCCC1. The summed E-state index contributed by atoms with van der Waals surface area (Å²) >= 11 is 0. The third-order valence-corrected chi connectivity index (χ3v) is 4.36. The number of para-hydroxylation sites is 1. The standard InChI is InChI=1S/C18H29N3O2/c1-15(8-7-13-22)19-18(23)20(2)14-16-9-3-4-10-17(16)21-11-5-6-12-21/h3-4,9-10,15,22H,5-8,11-14H2,1-2H3,(H,19,23). The third-order valence-electron chi connectivity index (χ3n) is 4.36. The van der Waals surface area contributed by atoms with E-state index in [2.05, 4.69) is 28.4 Å². The fourth-order valence-corrected chi connectivity index (χ4v) is 3.03. The molecule has 5 heteroatoms. The molecule has 5 nitrogen and oxygen atoms in total. The second kappa shape index (κ2) is 8.77. The molecule has 1 heterocycles. The summed E-state index contributed by atoms with van der Waals surface area (Å²) in [6.45, 7) is 4.94. The first kappa shape index (κ1) is 17.6. The predicted octanol–water partition coefficient (Wildman–Crippen LogP) is 2.59. The molecule has 0 saturated carbocycles. The normalized spacial score (nSPS) is 15.5. The Morgan fingerprint density at radius 2 is 2.04 bits per heavy atom. The van der Waals surface area contributed by atoms with Gasteiger partial charge in [0, 0.05) is 45.0 Å². The van der Waals surface area contributed by atoms with Gasteiger partial charge in [-0.05, 0) is 44.2 Å². The van der Waals surface area contributed by atoms with Crippen LogP contribution >= 0.6 is 0 Å². The zero-order chi connectivity index (χ0) is 16.7. The number of aliphatic hydroxyl groups is 1. The third kappa shape index (κ3) is 5.13. The van der Waals surface area contributed by atoms with Gasteiger partial charge < -0.3 is 20.2 Å². The molecule has 1 atom stereocenters. The van der Waals surface area contributed by atoms with Crippen LogP contribution in [-0.2, 0) is 6.54 Å². The molecular weight excluding hydrogens is 290 g/mol. The summed E-state index contributed by atoms with van der Waals surface area (Å²) in [5, 5.41) is 11.8. The van der Waals surface area contributed by atoms with Crippen LogP contribution in [0.5, 0.6) is 0 Å². The smallest absolute Gasteiger partial charge is 0.317 e. The van der Waals surface area contributed by atoms with E-state index in [9.17, 15) is 4.79 Å². The number of rotatable bonds is 7. The van der Waals surface area contributed by atoms with Crippen molar-refractivity contribution in [2.24, 2.45) is 0 Å². The molecule has 1 unspecified atom stereocenters. The van der Waals surface area contributed by atoms with Gasteiger partial charge in [-0.25, -0.2) is 4.79 Å². The average molecular weight is 319 g/mol. The lowest BCUT2D eigenvalue weighted by Gasteiger charge is -2.25. The van der Waals surface area contributed by atoms with E-state index < -0.39 is 0 Å². The molecule has 1 aromatic carbocycles. The van der Waals surface area contributed by atoms with Crippen molar-refractivity contribution in [2.75, 3.05) is 31.6 Å². The molecule has 1 aliphatic heterocycles. The molecule has 0 aromatic heterocycles. The van der Waals surface area contributed by atoms with Crippen molar-refractivity contribution in [3.8, 4) is 0 Å². The molecule has 23 heavy (non-hydrogen) atoms. The van der Waals surface area contributed by atoms with Gasteiger partial charge >= 0.3 is 6.03 Å². The fourth-order valence-electron chi connectivity index (χ4n) is 3.03. The molecule has 128 valence electrons. The van der Waals surface area contributed by atoms with Crippen molar-refractivity contribution in [1.29, 1.82) is 0 Å². The Hall–Kier alpha value is -1.75. The number of amides is 2. The van der Waals surface area contributed by atoms with Crippen LogP contribution in [0.25, 0.3) is 0 Å². The van der Waals surface area contributed by atoms with Crippen LogP contribution in [0.4, 0.5) is 10.5 Å². The van der Waals surface area contributed by atoms with Gasteiger partial charge in [0.2, 0.25) is 0 Å². The average Bonchev–Trinajstić information content (AvgIpc) is 3.07. The van der Waals surface area contributed by atoms with Crippen molar-refractivity contribution >= 4 is 11.7 Å². The lowest BCUT2D eigenvalue weighted by Crippen LogP contribution is -2.41. The summed E-state index contributed by atoms with van der Waals surface area (Å²) in [4.78, 5) is 16.4. The molecule has 1 aliphatic rings. The molecular formula is C18H29N3O2. The summed E-state index contributed by atoms with van der Waals surface area (Å²) in [5.74, 6) is 0. The number of carbonyl (C=O) groups is 1. The van der Waals surface area contributed by atoms with E-state index in [-0.39, 0.29) is 18.7 Å². The van der Waals surface area contributed by atoms with Crippen molar-refractivity contribution in [3.63, 3.8) is 0 Å². The number of hydrogen-bond donors (Lipinski definition) is 2. The van der Waals surface area contributed by atoms with Gasteiger partial charge in [-0.2, -0.15) is 0 Å². The van der Waals surface area contributed by atoms with E-state index in [4.69, 9.17) is 5.11 Å². The molecule has 0 bridgehead atoms. The largest absolute Gasteiger partial charge is 0.396 e. The van der Waals surface area contributed by atoms with Crippen molar-refractivity contribution in [2.45, 2.75) is 45.2 Å². The van der Waals surface area contributed by atoms with E-state index in [1.165, 1.54) is 24.1 Å². The van der Waals surface area contributed by atoms with Crippen LogP contribution in [0.1, 0.15) is 38.2 Å². The Balaban J connectivity index is 1.94. The van der Waals surface area contributed by atoms with E-state index in [1.54, 1.807) is 4.90 Å². The maximum absolute atomic E-state index is 12.3. The monoisotopic (exact) mass is 319 g/mol. The second-order valence-corrected chi connectivity index (χ2v) is 6.40. The highest BCUT2D eigenvalue weighted by Gasteiger charge is 2.18. The lowest BCUT2D eigenvalue weighted by atomic mass is 10.1. The highest BCUT2D eigenvalue weighted by Crippen LogP contribution is 2.25. The van der Waals surface area contributed by atoms with E-state index in [0.29, 0.717) is 13.0 Å². The fraction of sp³-hybridized carbons (Fsp3) is 0.611. The van der Waals surface area contributed by atoms with Crippen molar-refractivity contribution in [1.82, 2.24) is 10.2 Å². The maximum Gasteiger partial charge on any atom is 0.317 e. The predicted molar refractivity (Wildman–Crippen MR) is 93.7 cm³/mol. The van der Waals surface area contributed by atoms with Gasteiger partial charge in [-0.1, -0.05) is 18.2 Å². The minimum absolute atomic E-state index is 0.0633. The van der Waals surface area contributed by atoms with Crippen LogP contribution in [-0.4, -0.2) is 48.8 Å². The van der Waals surface area contributed by atoms with E-state index in [0.717, 1.165) is 19.5 Å². The zero-order valence-electron chi connectivity index (χ0n) is 14.3. The van der Waals surface area contributed by atoms with Gasteiger partial charge in [-0.15, -0.1) is 0 Å². The zero-order valence-corrected chi connectivity index (χ0v) is 14.3. The first-order chi connectivity index (χ1) is 11.1. The van der Waals surface area contributed by atoms with Gasteiger partial charge in [0.15, 0.2) is 0 Å². The summed E-state index contributed by atoms with van der Waals surface area (Å²) in [5.41, 5.74) is 2.44. The number of hydrogen-bond acceptors (Lipinski definition) is 3. The Bertz CT molecular complexity index is 501. The Labute approximate surface area is 139 Å². The minimum Gasteiger partial charge on any atom is -0.396 e. The first-order valence-electron chi connectivity index (χ1n) is 8.57. The van der Waals surface area contributed by atoms with E-state index >= 15 is 0 Å². The van der Waals surface area contributed by atoms with Crippen molar-refractivity contribution < 1.29 is 9.90 Å². The Morgan fingerprint density at radius 3 is 2.74 bits per heavy atom. The molecule has 2 amide bonds. The lowest BCUT2D eigenvalue weighted by molar-refractivity contribution is 0.201. The Kier molecular flexibility index (Phi) is 6.71. The van der Waals surface area contributed by atoms with Crippen molar-refractivity contribution in [3.05, 3.63) is 29.8 Å². The summed E-state index contributed by atoms with van der Waals surface area (Å²) in [6, 6.07) is 8.36. The highest BCUT2D eigenvalue weighted by molar-refractivity contribution is 5.74.